The average Bonchev–Trinajstić information content (AvgIpc) is 2.66. The van der Waals surface area contributed by atoms with E-state index in [1.165, 1.54) is 17.0 Å². The van der Waals surface area contributed by atoms with Crippen LogP contribution in [0.3, 0.4) is 0 Å². The van der Waals surface area contributed by atoms with Crippen LogP contribution in [-0.4, -0.2) is 39.6 Å². The van der Waals surface area contributed by atoms with Gasteiger partial charge in [0.05, 0.1) is 11.4 Å². The predicted octanol–water partition coefficient (Wildman–Crippen LogP) is -0.117. The molecule has 1 aromatic rings. The molecule has 1 aliphatic heterocycles. The van der Waals surface area contributed by atoms with E-state index in [2.05, 4.69) is 0 Å². The van der Waals surface area contributed by atoms with Crippen molar-refractivity contribution in [3.8, 4) is 0 Å². The molecular formula is C12H16N2O6S2. The van der Waals surface area contributed by atoms with Gasteiger partial charge in [0.1, 0.15) is 4.90 Å². The van der Waals surface area contributed by atoms with E-state index >= 15 is 0 Å². The van der Waals surface area contributed by atoms with Crippen LogP contribution in [0.4, 0.5) is 5.69 Å². The van der Waals surface area contributed by atoms with Crippen LogP contribution in [0.15, 0.2) is 23.1 Å². The van der Waals surface area contributed by atoms with E-state index in [4.69, 9.17) is 5.14 Å². The highest BCUT2D eigenvalue weighted by Gasteiger charge is 2.35. The maximum absolute atomic E-state index is 12.0. The zero-order valence-electron chi connectivity index (χ0n) is 11.8. The van der Waals surface area contributed by atoms with Gasteiger partial charge >= 0.3 is 0 Å². The van der Waals surface area contributed by atoms with Gasteiger partial charge in [-0.25, -0.2) is 13.6 Å². The minimum absolute atomic E-state index is 0.0286. The van der Waals surface area contributed by atoms with Crippen molar-refractivity contribution in [2.45, 2.75) is 18.2 Å². The molecule has 0 aliphatic carbocycles. The molecule has 0 radical (unpaired) electrons. The van der Waals surface area contributed by atoms with Crippen molar-refractivity contribution < 1.29 is 26.2 Å². The SMILES string of the molecule is Cc1ccc(N2CC(CS(N)(=O)=O)CC2=O)c(S(=O)(=O)O)c1. The lowest BCUT2D eigenvalue weighted by atomic mass is 10.1. The summed E-state index contributed by atoms with van der Waals surface area (Å²) in [4.78, 5) is 12.8. The van der Waals surface area contributed by atoms with E-state index in [0.717, 1.165) is 0 Å². The first-order valence-corrected chi connectivity index (χ1v) is 9.52. The van der Waals surface area contributed by atoms with E-state index in [1.54, 1.807) is 13.0 Å². The highest BCUT2D eigenvalue weighted by atomic mass is 32.2. The Morgan fingerprint density at radius 2 is 1.95 bits per heavy atom. The largest absolute Gasteiger partial charge is 0.311 e. The van der Waals surface area contributed by atoms with Crippen molar-refractivity contribution >= 4 is 31.7 Å². The van der Waals surface area contributed by atoms with E-state index in [-0.39, 0.29) is 29.3 Å². The molecule has 1 unspecified atom stereocenters. The van der Waals surface area contributed by atoms with Gasteiger partial charge in [0, 0.05) is 18.9 Å². The molecule has 10 heteroatoms. The molecular weight excluding hydrogens is 332 g/mol. The molecule has 1 heterocycles. The molecule has 1 aliphatic rings. The van der Waals surface area contributed by atoms with E-state index < -0.39 is 32.0 Å². The monoisotopic (exact) mass is 348 g/mol. The number of aryl methyl sites for hydroxylation is 1. The van der Waals surface area contributed by atoms with E-state index in [9.17, 15) is 26.2 Å². The number of carbonyl (C=O) groups excluding carboxylic acids is 1. The third-order valence-electron chi connectivity index (χ3n) is 3.36. The number of benzene rings is 1. The van der Waals surface area contributed by atoms with Crippen molar-refractivity contribution in [1.82, 2.24) is 0 Å². The van der Waals surface area contributed by atoms with Gasteiger partial charge in [-0.05, 0) is 24.6 Å². The normalized spacial score (nSPS) is 19.7. The number of nitrogens with two attached hydrogens (primary N) is 1. The van der Waals surface area contributed by atoms with E-state index in [0.29, 0.717) is 5.56 Å². The molecule has 1 atom stereocenters. The third kappa shape index (κ3) is 3.83. The minimum atomic E-state index is -4.51. The summed E-state index contributed by atoms with van der Waals surface area (Å²) in [6.07, 6.45) is -0.0464. The highest BCUT2D eigenvalue weighted by molar-refractivity contribution is 7.89. The summed E-state index contributed by atoms with van der Waals surface area (Å²) in [6, 6.07) is 4.27. The van der Waals surface area contributed by atoms with Gasteiger partial charge in [-0.3, -0.25) is 9.35 Å². The molecule has 0 bridgehead atoms. The first kappa shape index (κ1) is 16.9. The molecule has 0 spiro atoms. The van der Waals surface area contributed by atoms with Crippen LogP contribution in [0.5, 0.6) is 0 Å². The predicted molar refractivity (Wildman–Crippen MR) is 79.4 cm³/mol. The molecule has 1 aromatic carbocycles. The number of hydrogen-bond acceptors (Lipinski definition) is 5. The third-order valence-corrected chi connectivity index (χ3v) is 5.18. The van der Waals surface area contributed by atoms with Gasteiger partial charge < -0.3 is 4.90 Å². The number of primary sulfonamides is 1. The Bertz CT molecular complexity index is 816. The van der Waals surface area contributed by atoms with Gasteiger partial charge in [-0.15, -0.1) is 0 Å². The van der Waals surface area contributed by atoms with Crippen LogP contribution in [0.2, 0.25) is 0 Å². The fraction of sp³-hybridized carbons (Fsp3) is 0.417. The Morgan fingerprint density at radius 3 is 2.50 bits per heavy atom. The fourth-order valence-electron chi connectivity index (χ4n) is 2.51. The van der Waals surface area contributed by atoms with Crippen molar-refractivity contribution in [3.63, 3.8) is 0 Å². The second-order valence-corrected chi connectivity index (χ2v) is 8.40. The van der Waals surface area contributed by atoms with Crippen LogP contribution in [0.1, 0.15) is 12.0 Å². The van der Waals surface area contributed by atoms with Crippen molar-refractivity contribution in [3.05, 3.63) is 23.8 Å². The molecule has 22 heavy (non-hydrogen) atoms. The smallest absolute Gasteiger partial charge is 0.296 e. The molecule has 1 fully saturated rings. The highest BCUT2D eigenvalue weighted by Crippen LogP contribution is 2.31. The molecule has 1 saturated heterocycles. The molecule has 8 nitrogen and oxygen atoms in total. The molecule has 0 saturated carbocycles. The number of hydrogen-bond donors (Lipinski definition) is 2. The maximum Gasteiger partial charge on any atom is 0.296 e. The standard InChI is InChI=1S/C12H16N2O6S2/c1-8-2-3-10(11(4-8)22(18,19)20)14-6-9(5-12(14)15)7-21(13,16)17/h2-4,9H,5-7H2,1H3,(H2,13,16,17)(H,18,19,20). The first-order chi connectivity index (χ1) is 9.97. The molecule has 0 aromatic heterocycles. The topological polar surface area (TPSA) is 135 Å². The van der Waals surface area contributed by atoms with Crippen molar-refractivity contribution in [2.75, 3.05) is 17.2 Å². The first-order valence-electron chi connectivity index (χ1n) is 6.36. The summed E-state index contributed by atoms with van der Waals surface area (Å²) in [7, 11) is -8.23. The number of carbonyl (C=O) groups is 1. The molecule has 122 valence electrons. The second kappa shape index (κ2) is 5.61. The number of nitrogens with zero attached hydrogens (tertiary/aromatic N) is 1. The number of rotatable bonds is 4. The minimum Gasteiger partial charge on any atom is -0.311 e. The summed E-state index contributed by atoms with van der Waals surface area (Å²) in [5.74, 6) is -1.29. The Labute approximate surface area is 128 Å². The molecule has 3 N–H and O–H groups in total. The van der Waals surface area contributed by atoms with Gasteiger partial charge in [-0.2, -0.15) is 8.42 Å². The van der Waals surface area contributed by atoms with Gasteiger partial charge in [0.15, 0.2) is 0 Å². The maximum atomic E-state index is 12.0. The lowest BCUT2D eigenvalue weighted by molar-refractivity contribution is -0.117. The number of sulfonamides is 1. The number of amides is 1. The molecule has 2 rings (SSSR count). The summed E-state index contributed by atoms with van der Waals surface area (Å²) in [5.41, 5.74) is 0.638. The van der Waals surface area contributed by atoms with Gasteiger partial charge in [0.2, 0.25) is 15.9 Å². The Morgan fingerprint density at radius 1 is 1.32 bits per heavy atom. The van der Waals surface area contributed by atoms with Crippen LogP contribution in [0, 0.1) is 12.8 Å². The zero-order valence-corrected chi connectivity index (χ0v) is 13.4. The second-order valence-electron chi connectivity index (χ2n) is 5.35. The lowest BCUT2D eigenvalue weighted by Gasteiger charge is -2.19. The summed E-state index contributed by atoms with van der Waals surface area (Å²) in [5, 5.41) is 4.97. The van der Waals surface area contributed by atoms with Crippen molar-refractivity contribution in [2.24, 2.45) is 11.1 Å². The summed E-state index contributed by atoms with van der Waals surface area (Å²) < 4.78 is 54.5. The molecule has 1 amide bonds. The van der Waals surface area contributed by atoms with Crippen LogP contribution >= 0.6 is 0 Å². The number of anilines is 1. The van der Waals surface area contributed by atoms with Gasteiger partial charge in [-0.1, -0.05) is 6.07 Å². The van der Waals surface area contributed by atoms with Crippen LogP contribution < -0.4 is 10.0 Å². The van der Waals surface area contributed by atoms with Gasteiger partial charge in [0.25, 0.3) is 10.1 Å². The quantitative estimate of drug-likeness (QED) is 0.729. The van der Waals surface area contributed by atoms with Crippen LogP contribution in [0.25, 0.3) is 0 Å². The summed E-state index contributed by atoms with van der Waals surface area (Å²) in [6.45, 7) is 1.68. The van der Waals surface area contributed by atoms with Crippen LogP contribution in [-0.2, 0) is 24.9 Å². The van der Waals surface area contributed by atoms with Crippen molar-refractivity contribution in [1.29, 1.82) is 0 Å². The zero-order chi connectivity index (χ0) is 16.7. The Hall–Kier alpha value is -1.49. The Balaban J connectivity index is 2.39. The Kier molecular flexibility index (Phi) is 4.30. The average molecular weight is 348 g/mol. The fourth-order valence-corrected chi connectivity index (χ4v) is 4.16. The summed E-state index contributed by atoms with van der Waals surface area (Å²) >= 11 is 0. The lowest BCUT2D eigenvalue weighted by Crippen LogP contribution is -2.28. The van der Waals surface area contributed by atoms with E-state index in [1.807, 2.05) is 0 Å².